The Morgan fingerprint density at radius 3 is 2.44 bits per heavy atom. The standard InChI is InChI=1S/C19H19F3N2O/c20-19(21,22)15-8-4-5-13(11-15)12-23-17(14-6-2-1-3-7-14)18(25)24-16-9-10-16/h1-8,11,16-17,23H,9-10,12H2,(H,24,25)/t17-/m1/s1. The van der Waals surface area contributed by atoms with Crippen LogP contribution in [0.2, 0.25) is 0 Å². The Morgan fingerprint density at radius 1 is 1.08 bits per heavy atom. The highest BCUT2D eigenvalue weighted by molar-refractivity contribution is 5.83. The normalized spacial score (nSPS) is 15.6. The number of carbonyl (C=O) groups is 1. The molecule has 2 N–H and O–H groups in total. The largest absolute Gasteiger partial charge is 0.416 e. The van der Waals surface area contributed by atoms with Crippen molar-refractivity contribution < 1.29 is 18.0 Å². The number of carbonyl (C=O) groups excluding carboxylic acids is 1. The molecule has 0 bridgehead atoms. The molecule has 0 spiro atoms. The van der Waals surface area contributed by atoms with E-state index in [0.717, 1.165) is 30.5 Å². The summed E-state index contributed by atoms with van der Waals surface area (Å²) < 4.78 is 38.5. The predicted octanol–water partition coefficient (Wildman–Crippen LogP) is 3.81. The first-order valence-corrected chi connectivity index (χ1v) is 8.18. The molecular formula is C19H19F3N2O. The Balaban J connectivity index is 1.73. The van der Waals surface area contributed by atoms with Crippen molar-refractivity contribution in [2.75, 3.05) is 0 Å². The number of hydrogen-bond donors (Lipinski definition) is 2. The molecule has 0 heterocycles. The first-order chi connectivity index (χ1) is 11.9. The van der Waals surface area contributed by atoms with Gasteiger partial charge >= 0.3 is 6.18 Å². The van der Waals surface area contributed by atoms with Crippen LogP contribution < -0.4 is 10.6 Å². The van der Waals surface area contributed by atoms with E-state index in [1.807, 2.05) is 30.3 Å². The fourth-order valence-corrected chi connectivity index (χ4v) is 2.60. The van der Waals surface area contributed by atoms with E-state index in [0.29, 0.717) is 5.56 Å². The smallest absolute Gasteiger partial charge is 0.352 e. The molecule has 25 heavy (non-hydrogen) atoms. The van der Waals surface area contributed by atoms with Gasteiger partial charge in [-0.25, -0.2) is 0 Å². The van der Waals surface area contributed by atoms with Gasteiger partial charge in [0.1, 0.15) is 6.04 Å². The maximum Gasteiger partial charge on any atom is 0.416 e. The Labute approximate surface area is 144 Å². The van der Waals surface area contributed by atoms with Crippen molar-refractivity contribution in [2.24, 2.45) is 0 Å². The lowest BCUT2D eigenvalue weighted by Crippen LogP contribution is -2.38. The van der Waals surface area contributed by atoms with Gasteiger partial charge in [0.05, 0.1) is 5.56 Å². The van der Waals surface area contributed by atoms with E-state index in [4.69, 9.17) is 0 Å². The fourth-order valence-electron chi connectivity index (χ4n) is 2.60. The molecule has 0 aromatic heterocycles. The number of alkyl halides is 3. The summed E-state index contributed by atoms with van der Waals surface area (Å²) in [6, 6.07) is 13.9. The minimum absolute atomic E-state index is 0.152. The van der Waals surface area contributed by atoms with Crippen LogP contribution in [0.5, 0.6) is 0 Å². The van der Waals surface area contributed by atoms with Gasteiger partial charge in [0.2, 0.25) is 5.91 Å². The molecule has 3 nitrogen and oxygen atoms in total. The van der Waals surface area contributed by atoms with Gasteiger partial charge in [0, 0.05) is 12.6 Å². The molecule has 3 rings (SSSR count). The van der Waals surface area contributed by atoms with Crippen LogP contribution in [0.1, 0.15) is 35.6 Å². The third-order valence-electron chi connectivity index (χ3n) is 4.08. The summed E-state index contributed by atoms with van der Waals surface area (Å²) >= 11 is 0. The zero-order chi connectivity index (χ0) is 17.9. The molecule has 1 aliphatic rings. The number of rotatable bonds is 6. The Hall–Kier alpha value is -2.34. The van der Waals surface area contributed by atoms with Crippen molar-refractivity contribution in [3.05, 3.63) is 71.3 Å². The lowest BCUT2D eigenvalue weighted by atomic mass is 10.0. The first kappa shape index (κ1) is 17.5. The molecule has 2 aromatic carbocycles. The number of benzene rings is 2. The van der Waals surface area contributed by atoms with Crippen LogP contribution in [-0.4, -0.2) is 11.9 Å². The monoisotopic (exact) mass is 348 g/mol. The van der Waals surface area contributed by atoms with Gasteiger partial charge in [0.15, 0.2) is 0 Å². The predicted molar refractivity (Wildman–Crippen MR) is 88.6 cm³/mol. The second kappa shape index (κ2) is 7.27. The van der Waals surface area contributed by atoms with Gasteiger partial charge in [-0.2, -0.15) is 13.2 Å². The molecule has 1 atom stereocenters. The van der Waals surface area contributed by atoms with Crippen molar-refractivity contribution >= 4 is 5.91 Å². The maximum atomic E-state index is 12.8. The van der Waals surface area contributed by atoms with Crippen molar-refractivity contribution in [2.45, 2.75) is 37.6 Å². The number of halogens is 3. The van der Waals surface area contributed by atoms with E-state index in [2.05, 4.69) is 10.6 Å². The molecule has 6 heteroatoms. The number of amides is 1. The SMILES string of the molecule is O=C(NC1CC1)[C@H](NCc1cccc(C(F)(F)F)c1)c1ccccc1. The van der Waals surface area contributed by atoms with Crippen LogP contribution in [-0.2, 0) is 17.5 Å². The van der Waals surface area contributed by atoms with Gasteiger partial charge < -0.3 is 5.32 Å². The van der Waals surface area contributed by atoms with Gasteiger partial charge in [-0.05, 0) is 30.0 Å². The van der Waals surface area contributed by atoms with E-state index in [-0.39, 0.29) is 18.5 Å². The summed E-state index contributed by atoms with van der Waals surface area (Å²) in [5.41, 5.74) is 0.577. The summed E-state index contributed by atoms with van der Waals surface area (Å²) in [6.45, 7) is 0.168. The fraction of sp³-hybridized carbons (Fsp3) is 0.316. The molecule has 0 aliphatic heterocycles. The molecule has 0 unspecified atom stereocenters. The minimum Gasteiger partial charge on any atom is -0.352 e. The third kappa shape index (κ3) is 4.82. The average Bonchev–Trinajstić information content (AvgIpc) is 3.39. The van der Waals surface area contributed by atoms with E-state index < -0.39 is 17.8 Å². The van der Waals surface area contributed by atoms with Crippen LogP contribution in [0.25, 0.3) is 0 Å². The number of hydrogen-bond acceptors (Lipinski definition) is 2. The lowest BCUT2D eigenvalue weighted by molar-refractivity contribution is -0.137. The van der Waals surface area contributed by atoms with Gasteiger partial charge in [-0.15, -0.1) is 0 Å². The van der Waals surface area contributed by atoms with Gasteiger partial charge in [0.25, 0.3) is 0 Å². The van der Waals surface area contributed by atoms with E-state index in [1.54, 1.807) is 6.07 Å². The molecule has 1 aliphatic carbocycles. The van der Waals surface area contributed by atoms with Crippen molar-refractivity contribution in [3.63, 3.8) is 0 Å². The quantitative estimate of drug-likeness (QED) is 0.833. The lowest BCUT2D eigenvalue weighted by Gasteiger charge is -2.19. The molecule has 1 amide bonds. The van der Waals surface area contributed by atoms with E-state index in [9.17, 15) is 18.0 Å². The zero-order valence-corrected chi connectivity index (χ0v) is 13.5. The zero-order valence-electron chi connectivity index (χ0n) is 13.5. The van der Waals surface area contributed by atoms with Crippen LogP contribution in [0.3, 0.4) is 0 Å². The van der Waals surface area contributed by atoms with Crippen molar-refractivity contribution in [1.82, 2.24) is 10.6 Å². The minimum atomic E-state index is -4.38. The highest BCUT2D eigenvalue weighted by Gasteiger charge is 2.31. The summed E-state index contributed by atoms with van der Waals surface area (Å²) in [5, 5.41) is 6.03. The summed E-state index contributed by atoms with van der Waals surface area (Å²) in [5.74, 6) is -0.152. The molecule has 1 saturated carbocycles. The number of nitrogens with one attached hydrogen (secondary N) is 2. The molecule has 2 aromatic rings. The average molecular weight is 348 g/mol. The Morgan fingerprint density at radius 2 is 1.80 bits per heavy atom. The second-order valence-electron chi connectivity index (χ2n) is 6.21. The molecule has 0 saturated heterocycles. The molecule has 132 valence electrons. The van der Waals surface area contributed by atoms with E-state index in [1.165, 1.54) is 6.07 Å². The Bertz CT molecular complexity index is 727. The molecular weight excluding hydrogens is 329 g/mol. The van der Waals surface area contributed by atoms with Crippen LogP contribution in [0.4, 0.5) is 13.2 Å². The van der Waals surface area contributed by atoms with E-state index >= 15 is 0 Å². The molecule has 1 fully saturated rings. The summed E-state index contributed by atoms with van der Waals surface area (Å²) in [6.07, 6.45) is -2.43. The van der Waals surface area contributed by atoms with Gasteiger partial charge in [-0.1, -0.05) is 48.5 Å². The van der Waals surface area contributed by atoms with Crippen molar-refractivity contribution in [1.29, 1.82) is 0 Å². The second-order valence-corrected chi connectivity index (χ2v) is 6.21. The summed E-state index contributed by atoms with van der Waals surface area (Å²) in [7, 11) is 0. The van der Waals surface area contributed by atoms with Crippen molar-refractivity contribution in [3.8, 4) is 0 Å². The topological polar surface area (TPSA) is 41.1 Å². The third-order valence-corrected chi connectivity index (χ3v) is 4.08. The van der Waals surface area contributed by atoms with Crippen LogP contribution >= 0.6 is 0 Å². The van der Waals surface area contributed by atoms with Crippen LogP contribution in [0.15, 0.2) is 54.6 Å². The first-order valence-electron chi connectivity index (χ1n) is 8.18. The highest BCUT2D eigenvalue weighted by Crippen LogP contribution is 2.29. The van der Waals surface area contributed by atoms with Gasteiger partial charge in [-0.3, -0.25) is 10.1 Å². The summed E-state index contributed by atoms with van der Waals surface area (Å²) in [4.78, 5) is 12.5. The molecule has 0 radical (unpaired) electrons. The maximum absolute atomic E-state index is 12.8. The Kier molecular flexibility index (Phi) is 5.08. The van der Waals surface area contributed by atoms with Crippen LogP contribution in [0, 0.1) is 0 Å². The highest BCUT2D eigenvalue weighted by atomic mass is 19.4.